The van der Waals surface area contributed by atoms with Crippen LogP contribution in [0, 0.1) is 5.82 Å². The van der Waals surface area contributed by atoms with E-state index in [1.165, 1.54) is 6.07 Å². The second-order valence-corrected chi connectivity index (χ2v) is 6.45. The van der Waals surface area contributed by atoms with Gasteiger partial charge in [0.1, 0.15) is 5.82 Å². The van der Waals surface area contributed by atoms with Gasteiger partial charge in [-0.2, -0.15) is 5.10 Å². The lowest BCUT2D eigenvalue weighted by atomic mass is 10.2. The molecule has 3 aromatic rings. The van der Waals surface area contributed by atoms with Crippen LogP contribution in [-0.4, -0.2) is 14.9 Å². The van der Waals surface area contributed by atoms with E-state index in [9.17, 15) is 4.39 Å². The molecule has 0 aliphatic heterocycles. The molecule has 0 bridgehead atoms. The van der Waals surface area contributed by atoms with Crippen molar-refractivity contribution in [1.82, 2.24) is 9.78 Å². The first-order valence-corrected chi connectivity index (χ1v) is 8.47. The standard InChI is InChI=1S/C17H13Cl2FN4S/c18-12-6-5-11(13(19)9-12)10-24-8-7-16(23-24)22-17(25)21-15-4-2-1-3-14(15)20/h1-9H,10H2,(H2,21,22,23,25). The van der Waals surface area contributed by atoms with Gasteiger partial charge in [0.15, 0.2) is 10.9 Å². The van der Waals surface area contributed by atoms with E-state index in [-0.39, 0.29) is 10.9 Å². The molecule has 0 fully saturated rings. The summed E-state index contributed by atoms with van der Waals surface area (Å²) in [6, 6.07) is 13.4. The van der Waals surface area contributed by atoms with Gasteiger partial charge in [0.25, 0.3) is 0 Å². The fourth-order valence-electron chi connectivity index (χ4n) is 2.17. The molecule has 1 heterocycles. The quantitative estimate of drug-likeness (QED) is 0.597. The van der Waals surface area contributed by atoms with Crippen molar-refractivity contribution in [3.05, 3.63) is 76.2 Å². The Morgan fingerprint density at radius 2 is 1.92 bits per heavy atom. The van der Waals surface area contributed by atoms with E-state index >= 15 is 0 Å². The van der Waals surface area contributed by atoms with E-state index in [2.05, 4.69) is 15.7 Å². The maximum Gasteiger partial charge on any atom is 0.176 e. The van der Waals surface area contributed by atoms with Gasteiger partial charge in [0, 0.05) is 22.3 Å². The molecule has 2 aromatic carbocycles. The number of halogens is 3. The average molecular weight is 395 g/mol. The summed E-state index contributed by atoms with van der Waals surface area (Å²) >= 11 is 17.2. The first-order chi connectivity index (χ1) is 12.0. The first-order valence-electron chi connectivity index (χ1n) is 7.31. The van der Waals surface area contributed by atoms with Crippen LogP contribution in [0.15, 0.2) is 54.7 Å². The number of nitrogens with one attached hydrogen (secondary N) is 2. The van der Waals surface area contributed by atoms with Crippen molar-refractivity contribution >= 4 is 52.0 Å². The van der Waals surface area contributed by atoms with Gasteiger partial charge < -0.3 is 10.6 Å². The van der Waals surface area contributed by atoms with E-state index < -0.39 is 0 Å². The normalized spacial score (nSPS) is 10.5. The van der Waals surface area contributed by atoms with E-state index in [4.69, 9.17) is 35.4 Å². The summed E-state index contributed by atoms with van der Waals surface area (Å²) in [4.78, 5) is 0. The smallest absolute Gasteiger partial charge is 0.176 e. The third-order valence-corrected chi connectivity index (χ3v) is 4.14. The molecule has 1 aromatic heterocycles. The minimum absolute atomic E-state index is 0.250. The number of anilines is 2. The Hall–Kier alpha value is -2.15. The van der Waals surface area contributed by atoms with Crippen molar-refractivity contribution in [2.75, 3.05) is 10.6 Å². The molecule has 8 heteroatoms. The molecule has 0 saturated carbocycles. The lowest BCUT2D eigenvalue weighted by Gasteiger charge is -2.09. The van der Waals surface area contributed by atoms with Gasteiger partial charge in [-0.3, -0.25) is 4.68 Å². The molecule has 0 aliphatic rings. The predicted molar refractivity (Wildman–Crippen MR) is 104 cm³/mol. The Morgan fingerprint density at radius 1 is 1.12 bits per heavy atom. The third kappa shape index (κ3) is 4.69. The summed E-state index contributed by atoms with van der Waals surface area (Å²) in [5.41, 5.74) is 1.19. The lowest BCUT2D eigenvalue weighted by molar-refractivity contribution is 0.632. The largest absolute Gasteiger partial charge is 0.330 e. The summed E-state index contributed by atoms with van der Waals surface area (Å²) in [5.74, 6) is 0.161. The zero-order valence-corrected chi connectivity index (χ0v) is 15.2. The molecular formula is C17H13Cl2FN4S. The molecule has 0 unspecified atom stereocenters. The third-order valence-electron chi connectivity index (χ3n) is 3.35. The van der Waals surface area contributed by atoms with Crippen LogP contribution in [0.5, 0.6) is 0 Å². The number of hydrogen-bond donors (Lipinski definition) is 2. The SMILES string of the molecule is Fc1ccccc1NC(=S)Nc1ccn(Cc2ccc(Cl)cc2Cl)n1. The minimum atomic E-state index is -0.380. The Kier molecular flexibility index (Phi) is 5.53. The van der Waals surface area contributed by atoms with Gasteiger partial charge in [-0.05, 0) is 42.0 Å². The summed E-state index contributed by atoms with van der Waals surface area (Å²) in [7, 11) is 0. The molecule has 0 amide bonds. The Morgan fingerprint density at radius 3 is 2.68 bits per heavy atom. The van der Waals surface area contributed by atoms with E-state index in [0.29, 0.717) is 28.1 Å². The Bertz CT molecular complexity index is 913. The molecule has 0 spiro atoms. The number of benzene rings is 2. The van der Waals surface area contributed by atoms with Crippen molar-refractivity contribution in [3.8, 4) is 0 Å². The summed E-state index contributed by atoms with van der Waals surface area (Å²) in [6.07, 6.45) is 1.79. The maximum absolute atomic E-state index is 13.6. The minimum Gasteiger partial charge on any atom is -0.330 e. The van der Waals surface area contributed by atoms with Crippen molar-refractivity contribution in [2.24, 2.45) is 0 Å². The van der Waals surface area contributed by atoms with Crippen LogP contribution >= 0.6 is 35.4 Å². The molecule has 4 nitrogen and oxygen atoms in total. The highest BCUT2D eigenvalue weighted by atomic mass is 35.5. The summed E-state index contributed by atoms with van der Waals surface area (Å²) < 4.78 is 15.3. The molecule has 0 aliphatic carbocycles. The van der Waals surface area contributed by atoms with E-state index in [1.54, 1.807) is 47.3 Å². The van der Waals surface area contributed by atoms with Crippen molar-refractivity contribution in [1.29, 1.82) is 0 Å². The highest BCUT2D eigenvalue weighted by Crippen LogP contribution is 2.22. The lowest BCUT2D eigenvalue weighted by Crippen LogP contribution is -2.20. The van der Waals surface area contributed by atoms with Gasteiger partial charge in [-0.15, -0.1) is 0 Å². The number of thiocarbonyl (C=S) groups is 1. The molecule has 128 valence electrons. The van der Waals surface area contributed by atoms with Crippen LogP contribution in [0.2, 0.25) is 10.0 Å². The van der Waals surface area contributed by atoms with Gasteiger partial charge in [0.05, 0.1) is 12.2 Å². The number of para-hydroxylation sites is 1. The predicted octanol–water partition coefficient (Wildman–Crippen LogP) is 5.19. The van der Waals surface area contributed by atoms with Gasteiger partial charge in [-0.1, -0.05) is 41.4 Å². The van der Waals surface area contributed by atoms with Gasteiger partial charge >= 0.3 is 0 Å². The van der Waals surface area contributed by atoms with Crippen LogP contribution < -0.4 is 10.6 Å². The highest BCUT2D eigenvalue weighted by Gasteiger charge is 2.07. The monoisotopic (exact) mass is 394 g/mol. The zero-order valence-electron chi connectivity index (χ0n) is 12.8. The van der Waals surface area contributed by atoms with Crippen LogP contribution in [0.3, 0.4) is 0 Å². The van der Waals surface area contributed by atoms with E-state index in [0.717, 1.165) is 5.56 Å². The van der Waals surface area contributed by atoms with Crippen molar-refractivity contribution in [3.63, 3.8) is 0 Å². The molecule has 0 saturated heterocycles. The van der Waals surface area contributed by atoms with Gasteiger partial charge in [-0.25, -0.2) is 4.39 Å². The van der Waals surface area contributed by atoms with Crippen LogP contribution in [0.25, 0.3) is 0 Å². The topological polar surface area (TPSA) is 41.9 Å². The van der Waals surface area contributed by atoms with Crippen LogP contribution in [0.4, 0.5) is 15.9 Å². The Balaban J connectivity index is 1.63. The number of hydrogen-bond acceptors (Lipinski definition) is 2. The number of nitrogens with zero attached hydrogens (tertiary/aromatic N) is 2. The molecule has 0 atom stereocenters. The fraction of sp³-hybridized carbons (Fsp3) is 0.0588. The fourth-order valence-corrected chi connectivity index (χ4v) is 2.86. The van der Waals surface area contributed by atoms with Crippen LogP contribution in [-0.2, 0) is 6.54 Å². The second-order valence-electron chi connectivity index (χ2n) is 5.19. The number of rotatable bonds is 4. The average Bonchev–Trinajstić information content (AvgIpc) is 2.99. The molecule has 0 radical (unpaired) electrons. The molecule has 3 rings (SSSR count). The first kappa shape index (κ1) is 17.7. The summed E-state index contributed by atoms with van der Waals surface area (Å²) in [5, 5.41) is 11.5. The second kappa shape index (κ2) is 7.82. The molecule has 25 heavy (non-hydrogen) atoms. The number of aromatic nitrogens is 2. The molecular weight excluding hydrogens is 382 g/mol. The Labute approximate surface area is 159 Å². The van der Waals surface area contributed by atoms with Crippen molar-refractivity contribution in [2.45, 2.75) is 6.54 Å². The zero-order chi connectivity index (χ0) is 17.8. The highest BCUT2D eigenvalue weighted by molar-refractivity contribution is 7.80. The molecule has 2 N–H and O–H groups in total. The van der Waals surface area contributed by atoms with Crippen LogP contribution in [0.1, 0.15) is 5.56 Å². The maximum atomic E-state index is 13.6. The van der Waals surface area contributed by atoms with Crippen molar-refractivity contribution < 1.29 is 4.39 Å². The van der Waals surface area contributed by atoms with Gasteiger partial charge in [0.2, 0.25) is 0 Å². The van der Waals surface area contributed by atoms with E-state index in [1.807, 2.05) is 6.07 Å². The summed E-state index contributed by atoms with van der Waals surface area (Å²) in [6.45, 7) is 0.491.